The molecule has 160 valence electrons. The first-order valence-corrected chi connectivity index (χ1v) is 10.7. The highest BCUT2D eigenvalue weighted by atomic mass is 16.5. The van der Waals surface area contributed by atoms with Crippen LogP contribution in [0.3, 0.4) is 0 Å². The fourth-order valence-electron chi connectivity index (χ4n) is 4.19. The number of piperazine rings is 1. The van der Waals surface area contributed by atoms with Crippen molar-refractivity contribution in [2.45, 2.75) is 19.4 Å². The van der Waals surface area contributed by atoms with Crippen molar-refractivity contribution in [3.63, 3.8) is 0 Å². The summed E-state index contributed by atoms with van der Waals surface area (Å²) in [7, 11) is 0. The van der Waals surface area contributed by atoms with E-state index < -0.39 is 5.91 Å². The Morgan fingerprint density at radius 1 is 1.13 bits per heavy atom. The third-order valence-electron chi connectivity index (χ3n) is 6.09. The van der Waals surface area contributed by atoms with Crippen LogP contribution in [-0.2, 0) is 4.79 Å². The molecule has 8 heteroatoms. The zero-order valence-corrected chi connectivity index (χ0v) is 17.4. The number of hydrogen-bond acceptors (Lipinski definition) is 6. The van der Waals surface area contributed by atoms with Gasteiger partial charge in [0.25, 0.3) is 5.91 Å². The van der Waals surface area contributed by atoms with Crippen LogP contribution >= 0.6 is 0 Å². The topological polar surface area (TPSA) is 81.9 Å². The number of nitrogens with zero attached hydrogens (tertiary/aromatic N) is 4. The first kappa shape index (κ1) is 20.6. The molecule has 30 heavy (non-hydrogen) atoms. The molecule has 2 aromatic rings. The van der Waals surface area contributed by atoms with E-state index in [1.807, 2.05) is 35.2 Å². The number of carbonyl (C=O) groups excluding carboxylic acids is 2. The molecule has 1 N–H and O–H groups in total. The lowest BCUT2D eigenvalue weighted by Crippen LogP contribution is -2.51. The van der Waals surface area contributed by atoms with Gasteiger partial charge in [-0.3, -0.25) is 14.5 Å². The Morgan fingerprint density at radius 2 is 1.90 bits per heavy atom. The van der Waals surface area contributed by atoms with Crippen molar-refractivity contribution >= 4 is 11.8 Å². The van der Waals surface area contributed by atoms with E-state index in [2.05, 4.69) is 27.2 Å². The molecule has 2 aliphatic heterocycles. The number of benzene rings is 1. The minimum Gasteiger partial charge on any atom is -0.355 e. The molecule has 0 spiro atoms. The van der Waals surface area contributed by atoms with Crippen molar-refractivity contribution in [1.29, 1.82) is 0 Å². The van der Waals surface area contributed by atoms with E-state index in [0.29, 0.717) is 11.8 Å². The summed E-state index contributed by atoms with van der Waals surface area (Å²) in [6.07, 6.45) is 0.996. The average Bonchev–Trinajstić information content (AvgIpc) is 3.48. The number of rotatable bonds is 6. The molecule has 1 aromatic heterocycles. The molecule has 2 amide bonds. The van der Waals surface area contributed by atoms with Crippen LogP contribution in [0.25, 0.3) is 11.3 Å². The molecule has 2 saturated heterocycles. The van der Waals surface area contributed by atoms with Crippen molar-refractivity contribution < 1.29 is 14.1 Å². The number of nitrogens with one attached hydrogen (secondary N) is 1. The van der Waals surface area contributed by atoms with E-state index in [0.717, 1.165) is 57.8 Å². The average molecular weight is 412 g/mol. The van der Waals surface area contributed by atoms with Crippen molar-refractivity contribution in [2.24, 2.45) is 0 Å². The highest BCUT2D eigenvalue weighted by molar-refractivity contribution is 5.95. The fraction of sp³-hybridized carbons (Fsp3) is 0.500. The van der Waals surface area contributed by atoms with Gasteiger partial charge in [-0.1, -0.05) is 42.4 Å². The Morgan fingerprint density at radius 3 is 2.63 bits per heavy atom. The van der Waals surface area contributed by atoms with Crippen LogP contribution in [-0.4, -0.2) is 90.1 Å². The number of likely N-dealkylation sites (N-methyl/N-ethyl adjacent to an activating group) is 1. The predicted molar refractivity (Wildman–Crippen MR) is 113 cm³/mol. The predicted octanol–water partition coefficient (Wildman–Crippen LogP) is 1.31. The maximum absolute atomic E-state index is 12.6. The first-order valence-electron chi connectivity index (χ1n) is 10.7. The van der Waals surface area contributed by atoms with Crippen LogP contribution < -0.4 is 5.32 Å². The van der Waals surface area contributed by atoms with E-state index in [4.69, 9.17) is 4.52 Å². The smallest absolute Gasteiger partial charge is 0.273 e. The molecule has 0 saturated carbocycles. The molecular weight excluding hydrogens is 382 g/mol. The summed E-state index contributed by atoms with van der Waals surface area (Å²) in [5.74, 6) is 0.0724. The van der Waals surface area contributed by atoms with E-state index in [-0.39, 0.29) is 18.1 Å². The highest BCUT2D eigenvalue weighted by Gasteiger charge is 2.32. The Bertz CT molecular complexity index is 861. The van der Waals surface area contributed by atoms with E-state index in [1.54, 1.807) is 6.07 Å². The summed E-state index contributed by atoms with van der Waals surface area (Å²) in [6, 6.07) is 11.5. The van der Waals surface area contributed by atoms with Gasteiger partial charge in [0.15, 0.2) is 11.5 Å². The van der Waals surface area contributed by atoms with Crippen molar-refractivity contribution in [2.75, 3.05) is 52.4 Å². The molecule has 8 nitrogen and oxygen atoms in total. The van der Waals surface area contributed by atoms with Crippen molar-refractivity contribution in [3.05, 3.63) is 42.1 Å². The SMILES string of the molecule is CCN1CCN(C2CCN(C(=O)CNC(=O)c3cc(-c4ccccc4)on3)C2)CC1. The van der Waals surface area contributed by atoms with E-state index in [1.165, 1.54) is 0 Å². The Kier molecular flexibility index (Phi) is 6.44. The third kappa shape index (κ3) is 4.71. The molecule has 1 atom stereocenters. The Balaban J connectivity index is 1.24. The molecule has 1 unspecified atom stereocenters. The van der Waals surface area contributed by atoms with Gasteiger partial charge in [0.2, 0.25) is 5.91 Å². The summed E-state index contributed by atoms with van der Waals surface area (Å²) in [5, 5.41) is 6.51. The fourth-order valence-corrected chi connectivity index (χ4v) is 4.19. The van der Waals surface area contributed by atoms with Gasteiger partial charge < -0.3 is 19.6 Å². The maximum Gasteiger partial charge on any atom is 0.273 e. The zero-order chi connectivity index (χ0) is 20.9. The molecule has 1 aromatic carbocycles. The molecule has 2 aliphatic rings. The number of aromatic nitrogens is 1. The maximum atomic E-state index is 12.6. The van der Waals surface area contributed by atoms with E-state index >= 15 is 0 Å². The second kappa shape index (κ2) is 9.40. The minimum absolute atomic E-state index is 0.0251. The molecule has 3 heterocycles. The summed E-state index contributed by atoms with van der Waals surface area (Å²) in [4.78, 5) is 31.7. The van der Waals surface area contributed by atoms with Gasteiger partial charge in [-0.25, -0.2) is 0 Å². The second-order valence-electron chi connectivity index (χ2n) is 7.88. The lowest BCUT2D eigenvalue weighted by Gasteiger charge is -2.37. The van der Waals surface area contributed by atoms with Gasteiger partial charge in [-0.05, 0) is 13.0 Å². The zero-order valence-electron chi connectivity index (χ0n) is 17.4. The van der Waals surface area contributed by atoms with E-state index in [9.17, 15) is 9.59 Å². The van der Waals surface area contributed by atoms with Crippen LogP contribution in [0.4, 0.5) is 0 Å². The number of amides is 2. The van der Waals surface area contributed by atoms with Crippen LogP contribution in [0.15, 0.2) is 40.9 Å². The van der Waals surface area contributed by atoms with Gasteiger partial charge in [0.05, 0.1) is 6.54 Å². The minimum atomic E-state index is -0.402. The molecular formula is C22H29N5O3. The number of likely N-dealkylation sites (tertiary alicyclic amines) is 1. The first-order chi connectivity index (χ1) is 14.6. The summed E-state index contributed by atoms with van der Waals surface area (Å²) in [6.45, 7) is 9.07. The Labute approximate surface area is 176 Å². The normalized spacial score (nSPS) is 20.4. The molecule has 4 rings (SSSR count). The molecule has 0 aliphatic carbocycles. The monoisotopic (exact) mass is 411 g/mol. The summed E-state index contributed by atoms with van der Waals surface area (Å²) in [5.41, 5.74) is 1.03. The quantitative estimate of drug-likeness (QED) is 0.772. The third-order valence-corrected chi connectivity index (χ3v) is 6.09. The lowest BCUT2D eigenvalue weighted by atomic mass is 10.1. The Hall–Kier alpha value is -2.71. The molecule has 2 fully saturated rings. The van der Waals surface area contributed by atoms with Gasteiger partial charge in [0, 0.05) is 56.9 Å². The van der Waals surface area contributed by atoms with Gasteiger partial charge >= 0.3 is 0 Å². The van der Waals surface area contributed by atoms with Crippen LogP contribution in [0.1, 0.15) is 23.8 Å². The van der Waals surface area contributed by atoms with Crippen molar-refractivity contribution in [1.82, 2.24) is 25.2 Å². The number of carbonyl (C=O) groups is 2. The van der Waals surface area contributed by atoms with Gasteiger partial charge in [-0.15, -0.1) is 0 Å². The highest BCUT2D eigenvalue weighted by Crippen LogP contribution is 2.20. The second-order valence-corrected chi connectivity index (χ2v) is 7.88. The van der Waals surface area contributed by atoms with Crippen LogP contribution in [0.5, 0.6) is 0 Å². The van der Waals surface area contributed by atoms with Gasteiger partial charge in [0.1, 0.15) is 0 Å². The van der Waals surface area contributed by atoms with Crippen LogP contribution in [0.2, 0.25) is 0 Å². The standard InChI is InChI=1S/C22H29N5O3/c1-2-25-10-12-26(13-11-25)18-8-9-27(16-18)21(28)15-23-22(29)19-14-20(30-24-19)17-6-4-3-5-7-17/h3-7,14,18H,2,8-13,15-16H2,1H3,(H,23,29). The largest absolute Gasteiger partial charge is 0.355 e. The summed E-state index contributed by atoms with van der Waals surface area (Å²) >= 11 is 0. The van der Waals surface area contributed by atoms with Crippen molar-refractivity contribution in [3.8, 4) is 11.3 Å². The molecule has 0 bridgehead atoms. The van der Waals surface area contributed by atoms with Crippen LogP contribution in [0, 0.1) is 0 Å². The van der Waals surface area contributed by atoms with Gasteiger partial charge in [-0.2, -0.15) is 0 Å². The lowest BCUT2D eigenvalue weighted by molar-refractivity contribution is -0.129. The molecule has 0 radical (unpaired) electrons. The summed E-state index contributed by atoms with van der Waals surface area (Å²) < 4.78 is 5.26. The number of hydrogen-bond donors (Lipinski definition) is 1.